The third kappa shape index (κ3) is 1.43. The highest BCUT2D eigenvalue weighted by Gasteiger charge is 2.07. The van der Waals surface area contributed by atoms with Crippen LogP contribution >= 0.6 is 11.3 Å². The zero-order valence-electron chi connectivity index (χ0n) is 7.32. The van der Waals surface area contributed by atoms with Gasteiger partial charge in [0.2, 0.25) is 0 Å². The molecule has 0 spiro atoms. The number of rotatable bonds is 1. The number of hydrogen-bond acceptors (Lipinski definition) is 2. The topological polar surface area (TPSA) is 23.8 Å². The van der Waals surface area contributed by atoms with Crippen LogP contribution in [0.15, 0.2) is 30.3 Å². The number of nitrogens with zero attached hydrogens (tertiary/aromatic N) is 1. The van der Waals surface area contributed by atoms with Gasteiger partial charge in [0.15, 0.2) is 0 Å². The summed E-state index contributed by atoms with van der Waals surface area (Å²) in [4.78, 5) is 1.16. The molecule has 1 nitrogen and oxygen atoms in total. The Morgan fingerprint density at radius 3 is 2.85 bits per heavy atom. The number of hydrogen-bond donors (Lipinski definition) is 0. The first kappa shape index (κ1) is 8.28. The molecule has 1 atom stereocenters. The van der Waals surface area contributed by atoms with Gasteiger partial charge in [-0.05, 0) is 24.4 Å². The molecule has 0 fully saturated rings. The van der Waals surface area contributed by atoms with Gasteiger partial charge in [0.25, 0.3) is 0 Å². The average Bonchev–Trinajstić information content (AvgIpc) is 2.59. The molecule has 0 N–H and O–H groups in total. The van der Waals surface area contributed by atoms with Crippen LogP contribution < -0.4 is 0 Å². The fourth-order valence-electron chi connectivity index (χ4n) is 1.28. The van der Waals surface area contributed by atoms with Crippen LogP contribution in [0.25, 0.3) is 10.1 Å². The summed E-state index contributed by atoms with van der Waals surface area (Å²) in [7, 11) is 0. The summed E-state index contributed by atoms with van der Waals surface area (Å²) in [5.41, 5.74) is 0. The molecule has 0 aliphatic rings. The van der Waals surface area contributed by atoms with Gasteiger partial charge in [-0.1, -0.05) is 18.2 Å². The van der Waals surface area contributed by atoms with Crippen molar-refractivity contribution in [1.29, 1.82) is 5.26 Å². The molecule has 2 aromatic rings. The highest BCUT2D eigenvalue weighted by atomic mass is 32.1. The SMILES string of the molecule is CC(C#N)c1cc2ccccc2s1. The van der Waals surface area contributed by atoms with Crippen LogP contribution in [0, 0.1) is 11.3 Å². The highest BCUT2D eigenvalue weighted by Crippen LogP contribution is 2.30. The van der Waals surface area contributed by atoms with E-state index in [0.717, 1.165) is 4.88 Å². The molecule has 0 bridgehead atoms. The van der Waals surface area contributed by atoms with Gasteiger partial charge in [-0.3, -0.25) is 0 Å². The standard InChI is InChI=1S/C11H9NS/c1-8(7-12)11-6-9-4-2-3-5-10(9)13-11/h2-6,8H,1H3. The van der Waals surface area contributed by atoms with Crippen molar-refractivity contribution in [2.24, 2.45) is 0 Å². The Bertz CT molecular complexity index is 431. The molecular formula is C11H9NS. The predicted molar refractivity (Wildman–Crippen MR) is 55.9 cm³/mol. The number of fused-ring (bicyclic) bond motifs is 1. The third-order valence-electron chi connectivity index (χ3n) is 2.07. The lowest BCUT2D eigenvalue weighted by Gasteiger charge is -1.93. The van der Waals surface area contributed by atoms with Crippen molar-refractivity contribution < 1.29 is 0 Å². The Labute approximate surface area is 81.2 Å². The van der Waals surface area contributed by atoms with E-state index in [4.69, 9.17) is 5.26 Å². The molecule has 0 amide bonds. The Kier molecular flexibility index (Phi) is 2.03. The second-order valence-corrected chi connectivity index (χ2v) is 4.15. The van der Waals surface area contributed by atoms with Crippen LogP contribution in [-0.2, 0) is 0 Å². The first-order chi connectivity index (χ1) is 6.31. The maximum Gasteiger partial charge on any atom is 0.0778 e. The van der Waals surface area contributed by atoms with Crippen molar-refractivity contribution >= 4 is 21.4 Å². The minimum atomic E-state index is 0.0115. The van der Waals surface area contributed by atoms with Crippen LogP contribution in [0.1, 0.15) is 17.7 Å². The van der Waals surface area contributed by atoms with E-state index < -0.39 is 0 Å². The predicted octanol–water partition coefficient (Wildman–Crippen LogP) is 3.53. The fraction of sp³-hybridized carbons (Fsp3) is 0.182. The van der Waals surface area contributed by atoms with Crippen molar-refractivity contribution in [3.63, 3.8) is 0 Å². The van der Waals surface area contributed by atoms with Crippen LogP contribution in [0.4, 0.5) is 0 Å². The summed E-state index contributed by atoms with van der Waals surface area (Å²) < 4.78 is 1.26. The van der Waals surface area contributed by atoms with Gasteiger partial charge in [0, 0.05) is 9.58 Å². The molecule has 2 heteroatoms. The van der Waals surface area contributed by atoms with Crippen molar-refractivity contribution in [2.45, 2.75) is 12.8 Å². The van der Waals surface area contributed by atoms with Gasteiger partial charge in [-0.25, -0.2) is 0 Å². The van der Waals surface area contributed by atoms with Gasteiger partial charge in [-0.15, -0.1) is 11.3 Å². The number of benzene rings is 1. The monoisotopic (exact) mass is 187 g/mol. The molecule has 13 heavy (non-hydrogen) atoms. The van der Waals surface area contributed by atoms with E-state index in [1.807, 2.05) is 19.1 Å². The largest absolute Gasteiger partial charge is 0.198 e. The Morgan fingerprint density at radius 2 is 2.15 bits per heavy atom. The minimum Gasteiger partial charge on any atom is -0.198 e. The van der Waals surface area contributed by atoms with Crippen molar-refractivity contribution in [2.75, 3.05) is 0 Å². The summed E-state index contributed by atoms with van der Waals surface area (Å²) in [5, 5.41) is 10.0. The maximum atomic E-state index is 8.77. The molecule has 0 saturated heterocycles. The second-order valence-electron chi connectivity index (χ2n) is 3.04. The Morgan fingerprint density at radius 1 is 1.38 bits per heavy atom. The lowest BCUT2D eigenvalue weighted by atomic mass is 10.1. The molecule has 0 aliphatic heterocycles. The van der Waals surface area contributed by atoms with E-state index in [9.17, 15) is 0 Å². The molecule has 1 aromatic heterocycles. The van der Waals surface area contributed by atoms with Crippen molar-refractivity contribution in [3.8, 4) is 6.07 Å². The third-order valence-corrected chi connectivity index (χ3v) is 3.36. The van der Waals surface area contributed by atoms with Gasteiger partial charge in [0.1, 0.15) is 0 Å². The van der Waals surface area contributed by atoms with Crippen LogP contribution in [0.5, 0.6) is 0 Å². The average molecular weight is 187 g/mol. The summed E-state index contributed by atoms with van der Waals surface area (Å²) in [6.07, 6.45) is 0. The zero-order chi connectivity index (χ0) is 9.26. The first-order valence-corrected chi connectivity index (χ1v) is 5.01. The smallest absolute Gasteiger partial charge is 0.0778 e. The van der Waals surface area contributed by atoms with Gasteiger partial charge in [0.05, 0.1) is 12.0 Å². The summed E-state index contributed by atoms with van der Waals surface area (Å²) in [6, 6.07) is 12.6. The Hall–Kier alpha value is -1.33. The lowest BCUT2D eigenvalue weighted by Crippen LogP contribution is -1.81. The quantitative estimate of drug-likeness (QED) is 0.670. The fourth-order valence-corrected chi connectivity index (χ4v) is 2.34. The number of nitriles is 1. The summed E-state index contributed by atoms with van der Waals surface area (Å²) in [6.45, 7) is 1.94. The second kappa shape index (κ2) is 3.20. The summed E-state index contributed by atoms with van der Waals surface area (Å²) in [5.74, 6) is 0.0115. The minimum absolute atomic E-state index is 0.0115. The molecular weight excluding hydrogens is 178 g/mol. The van der Waals surface area contributed by atoms with Gasteiger partial charge < -0.3 is 0 Å². The van der Waals surface area contributed by atoms with E-state index >= 15 is 0 Å². The lowest BCUT2D eigenvalue weighted by molar-refractivity contribution is 1.01. The zero-order valence-corrected chi connectivity index (χ0v) is 8.14. The van der Waals surface area contributed by atoms with Crippen LogP contribution in [-0.4, -0.2) is 0 Å². The van der Waals surface area contributed by atoms with Crippen molar-refractivity contribution in [3.05, 3.63) is 35.2 Å². The van der Waals surface area contributed by atoms with E-state index in [2.05, 4.69) is 24.3 Å². The molecule has 1 heterocycles. The van der Waals surface area contributed by atoms with Crippen molar-refractivity contribution in [1.82, 2.24) is 0 Å². The van der Waals surface area contributed by atoms with E-state index in [1.165, 1.54) is 10.1 Å². The molecule has 2 rings (SSSR count). The highest BCUT2D eigenvalue weighted by molar-refractivity contribution is 7.19. The van der Waals surface area contributed by atoms with Gasteiger partial charge >= 0.3 is 0 Å². The van der Waals surface area contributed by atoms with E-state index in [1.54, 1.807) is 11.3 Å². The molecule has 0 aliphatic carbocycles. The summed E-state index contributed by atoms with van der Waals surface area (Å²) >= 11 is 1.71. The van der Waals surface area contributed by atoms with E-state index in [0.29, 0.717) is 0 Å². The molecule has 0 radical (unpaired) electrons. The van der Waals surface area contributed by atoms with Gasteiger partial charge in [-0.2, -0.15) is 5.26 Å². The van der Waals surface area contributed by atoms with Crippen LogP contribution in [0.2, 0.25) is 0 Å². The maximum absolute atomic E-state index is 8.77. The first-order valence-electron chi connectivity index (χ1n) is 4.19. The van der Waals surface area contributed by atoms with Crippen LogP contribution in [0.3, 0.4) is 0 Å². The molecule has 64 valence electrons. The van der Waals surface area contributed by atoms with E-state index in [-0.39, 0.29) is 5.92 Å². The molecule has 1 unspecified atom stereocenters. The molecule has 1 aromatic carbocycles. The normalized spacial score (nSPS) is 12.6. The Balaban J connectivity index is 2.57. The molecule has 0 saturated carbocycles. The number of thiophene rings is 1.